The van der Waals surface area contributed by atoms with Crippen molar-refractivity contribution in [2.45, 2.75) is 44.7 Å². The lowest BCUT2D eigenvalue weighted by Gasteiger charge is -2.21. The minimum absolute atomic E-state index is 0.0347. The van der Waals surface area contributed by atoms with E-state index in [1.165, 1.54) is 37.4 Å². The number of benzene rings is 1. The van der Waals surface area contributed by atoms with Crippen LogP contribution in [0.2, 0.25) is 0 Å². The second-order valence-electron chi connectivity index (χ2n) is 6.75. The second-order valence-corrected chi connectivity index (χ2v) is 7.70. The van der Waals surface area contributed by atoms with Crippen molar-refractivity contribution >= 4 is 29.2 Å². The molecule has 26 heavy (non-hydrogen) atoms. The Hall–Kier alpha value is -2.08. The molecule has 0 spiro atoms. The van der Waals surface area contributed by atoms with Crippen LogP contribution >= 0.6 is 11.8 Å². The van der Waals surface area contributed by atoms with Crippen molar-refractivity contribution in [3.8, 4) is 0 Å². The van der Waals surface area contributed by atoms with Gasteiger partial charge in [0.2, 0.25) is 5.91 Å². The molecule has 1 aromatic carbocycles. The Kier molecular flexibility index (Phi) is 6.50. The molecule has 0 atom stereocenters. The van der Waals surface area contributed by atoms with E-state index < -0.39 is 0 Å². The van der Waals surface area contributed by atoms with E-state index in [9.17, 15) is 4.79 Å². The van der Waals surface area contributed by atoms with Gasteiger partial charge in [-0.05, 0) is 49.9 Å². The molecule has 0 aliphatic carbocycles. The molecule has 0 unspecified atom stereocenters. The summed E-state index contributed by atoms with van der Waals surface area (Å²) in [5, 5.41) is 3.64. The first kappa shape index (κ1) is 18.7. The Morgan fingerprint density at radius 3 is 2.69 bits per heavy atom. The van der Waals surface area contributed by atoms with E-state index in [0.717, 1.165) is 35.7 Å². The predicted octanol–water partition coefficient (Wildman–Crippen LogP) is 4.20. The van der Waals surface area contributed by atoms with Gasteiger partial charge in [-0.1, -0.05) is 36.7 Å². The number of hydrogen-bond donors (Lipinski definition) is 1. The number of aromatic nitrogens is 2. The van der Waals surface area contributed by atoms with Crippen molar-refractivity contribution in [2.24, 2.45) is 0 Å². The summed E-state index contributed by atoms with van der Waals surface area (Å²) in [5.41, 5.74) is 3.07. The molecular weight excluding hydrogens is 344 g/mol. The quantitative estimate of drug-likeness (QED) is 0.631. The van der Waals surface area contributed by atoms with Crippen LogP contribution in [0.1, 0.15) is 36.8 Å². The first-order valence-corrected chi connectivity index (χ1v) is 10.2. The summed E-state index contributed by atoms with van der Waals surface area (Å²) in [6, 6.07) is 8.02. The lowest BCUT2D eigenvalue weighted by atomic mass is 10.1. The molecule has 2 aromatic rings. The van der Waals surface area contributed by atoms with Gasteiger partial charge in [0.1, 0.15) is 5.82 Å². The van der Waals surface area contributed by atoms with E-state index in [4.69, 9.17) is 0 Å². The number of thioether (sulfide) groups is 1. The van der Waals surface area contributed by atoms with E-state index in [-0.39, 0.29) is 5.91 Å². The van der Waals surface area contributed by atoms with Gasteiger partial charge in [-0.3, -0.25) is 4.79 Å². The third-order valence-electron chi connectivity index (χ3n) is 4.55. The van der Waals surface area contributed by atoms with Gasteiger partial charge in [-0.25, -0.2) is 9.97 Å². The summed E-state index contributed by atoms with van der Waals surface area (Å²) in [4.78, 5) is 23.6. The van der Waals surface area contributed by atoms with E-state index in [2.05, 4.69) is 20.2 Å². The maximum absolute atomic E-state index is 12.3. The molecule has 5 nitrogen and oxygen atoms in total. The van der Waals surface area contributed by atoms with Gasteiger partial charge in [0.25, 0.3) is 0 Å². The average Bonchev–Trinajstić information content (AvgIpc) is 2.93. The van der Waals surface area contributed by atoms with E-state index in [0.29, 0.717) is 10.9 Å². The molecule has 1 N–H and O–H groups in total. The average molecular weight is 371 g/mol. The number of nitrogens with one attached hydrogen (secondary N) is 1. The Morgan fingerprint density at radius 2 is 1.92 bits per heavy atom. The van der Waals surface area contributed by atoms with Crippen LogP contribution in [0.25, 0.3) is 0 Å². The first-order chi connectivity index (χ1) is 12.6. The van der Waals surface area contributed by atoms with Gasteiger partial charge in [0, 0.05) is 25.0 Å². The van der Waals surface area contributed by atoms with Crippen LogP contribution in [0.3, 0.4) is 0 Å². The predicted molar refractivity (Wildman–Crippen MR) is 108 cm³/mol. The van der Waals surface area contributed by atoms with Crippen LogP contribution in [0.5, 0.6) is 0 Å². The number of rotatable bonds is 5. The molecule has 1 aliphatic rings. The highest BCUT2D eigenvalue weighted by molar-refractivity contribution is 7.99. The molecule has 1 aliphatic heterocycles. The molecule has 138 valence electrons. The Labute approximate surface area is 159 Å². The fourth-order valence-electron chi connectivity index (χ4n) is 3.06. The molecular formula is C20H26N4OS. The van der Waals surface area contributed by atoms with E-state index >= 15 is 0 Å². The second kappa shape index (κ2) is 9.03. The van der Waals surface area contributed by atoms with Crippen LogP contribution in [-0.2, 0) is 4.79 Å². The topological polar surface area (TPSA) is 58.1 Å². The first-order valence-electron chi connectivity index (χ1n) is 9.20. The molecule has 0 saturated carbocycles. The minimum atomic E-state index is -0.0347. The lowest BCUT2D eigenvalue weighted by molar-refractivity contribution is -0.113. The number of hydrogen-bond acceptors (Lipinski definition) is 5. The minimum Gasteiger partial charge on any atom is -0.356 e. The van der Waals surface area contributed by atoms with Gasteiger partial charge in [-0.2, -0.15) is 0 Å². The Bertz CT molecular complexity index is 757. The summed E-state index contributed by atoms with van der Waals surface area (Å²) in [6.07, 6.45) is 6.80. The Balaban J connectivity index is 1.58. The van der Waals surface area contributed by atoms with Crippen molar-refractivity contribution in [1.29, 1.82) is 0 Å². The van der Waals surface area contributed by atoms with Crippen molar-refractivity contribution < 1.29 is 4.79 Å². The summed E-state index contributed by atoms with van der Waals surface area (Å²) in [6.45, 7) is 6.12. The summed E-state index contributed by atoms with van der Waals surface area (Å²) in [5.74, 6) is 1.24. The normalized spacial score (nSPS) is 14.8. The van der Waals surface area contributed by atoms with E-state index in [1.807, 2.05) is 38.1 Å². The highest BCUT2D eigenvalue weighted by Gasteiger charge is 2.13. The third-order valence-corrected chi connectivity index (χ3v) is 5.41. The van der Waals surface area contributed by atoms with Gasteiger partial charge < -0.3 is 10.2 Å². The van der Waals surface area contributed by atoms with Crippen molar-refractivity contribution in [1.82, 2.24) is 9.97 Å². The highest BCUT2D eigenvalue weighted by atomic mass is 32.2. The molecule has 1 fully saturated rings. The lowest BCUT2D eigenvalue weighted by Crippen LogP contribution is -2.25. The fraction of sp³-hybridized carbons (Fsp3) is 0.450. The molecule has 2 heterocycles. The van der Waals surface area contributed by atoms with Crippen molar-refractivity contribution in [3.05, 3.63) is 41.6 Å². The van der Waals surface area contributed by atoms with Crippen LogP contribution in [-0.4, -0.2) is 34.7 Å². The molecule has 0 radical (unpaired) electrons. The molecule has 0 bridgehead atoms. The van der Waals surface area contributed by atoms with Gasteiger partial charge in [0.15, 0.2) is 5.16 Å². The molecule has 6 heteroatoms. The monoisotopic (exact) mass is 370 g/mol. The number of carbonyl (C=O) groups excluding carboxylic acids is 1. The Morgan fingerprint density at radius 1 is 1.15 bits per heavy atom. The van der Waals surface area contributed by atoms with Crippen LogP contribution in [0.15, 0.2) is 35.6 Å². The summed E-state index contributed by atoms with van der Waals surface area (Å²) in [7, 11) is 0. The molecule has 3 rings (SSSR count). The molecule has 1 saturated heterocycles. The van der Waals surface area contributed by atoms with E-state index in [1.54, 1.807) is 6.20 Å². The van der Waals surface area contributed by atoms with Gasteiger partial charge in [-0.15, -0.1) is 0 Å². The molecule has 1 amide bonds. The largest absolute Gasteiger partial charge is 0.356 e. The number of amides is 1. The fourth-order valence-corrected chi connectivity index (χ4v) is 3.69. The van der Waals surface area contributed by atoms with Crippen LogP contribution in [0, 0.1) is 13.8 Å². The highest BCUT2D eigenvalue weighted by Crippen LogP contribution is 2.21. The standard InChI is InChI=1S/C20H26N4OS/c1-15-7-8-16(2)17(13-15)22-19(25)14-26-20-21-10-9-18(23-20)24-11-5-3-4-6-12-24/h7-10,13H,3-6,11-12,14H2,1-2H3,(H,22,25). The summed E-state index contributed by atoms with van der Waals surface area (Å²) < 4.78 is 0. The molecule has 1 aromatic heterocycles. The zero-order valence-electron chi connectivity index (χ0n) is 15.5. The summed E-state index contributed by atoms with van der Waals surface area (Å²) >= 11 is 1.38. The van der Waals surface area contributed by atoms with Crippen LogP contribution < -0.4 is 10.2 Å². The van der Waals surface area contributed by atoms with Crippen molar-refractivity contribution in [3.63, 3.8) is 0 Å². The van der Waals surface area contributed by atoms with Gasteiger partial charge >= 0.3 is 0 Å². The maximum Gasteiger partial charge on any atom is 0.234 e. The number of aryl methyl sites for hydroxylation is 2. The zero-order valence-corrected chi connectivity index (χ0v) is 16.3. The SMILES string of the molecule is Cc1ccc(C)c(NC(=O)CSc2nccc(N3CCCCCC3)n2)c1. The van der Waals surface area contributed by atoms with Gasteiger partial charge in [0.05, 0.1) is 5.75 Å². The third kappa shape index (κ3) is 5.21. The number of carbonyl (C=O) groups is 1. The zero-order chi connectivity index (χ0) is 18.4. The number of anilines is 2. The van der Waals surface area contributed by atoms with Crippen molar-refractivity contribution in [2.75, 3.05) is 29.1 Å². The van der Waals surface area contributed by atoms with Crippen LogP contribution in [0.4, 0.5) is 11.5 Å². The maximum atomic E-state index is 12.3. The smallest absolute Gasteiger partial charge is 0.234 e. The number of nitrogens with zero attached hydrogens (tertiary/aromatic N) is 3.